The van der Waals surface area contributed by atoms with Gasteiger partial charge in [0.2, 0.25) is 0 Å². The summed E-state index contributed by atoms with van der Waals surface area (Å²) >= 11 is 0. The first kappa shape index (κ1) is 9.15. The maximum absolute atomic E-state index is 11.9. The number of aromatic nitrogens is 1. The van der Waals surface area contributed by atoms with Crippen molar-refractivity contribution < 1.29 is 4.79 Å². The van der Waals surface area contributed by atoms with Crippen LogP contribution >= 0.6 is 0 Å². The lowest BCUT2D eigenvalue weighted by atomic mass is 9.97. The van der Waals surface area contributed by atoms with E-state index < -0.39 is 0 Å². The maximum atomic E-state index is 11.9. The lowest BCUT2D eigenvalue weighted by Crippen LogP contribution is -2.19. The molecule has 2 rings (SSSR count). The Kier molecular flexibility index (Phi) is 2.45. The molecule has 0 aliphatic carbocycles. The van der Waals surface area contributed by atoms with E-state index in [1.54, 1.807) is 18.3 Å². The predicted octanol–water partition coefficient (Wildman–Crippen LogP) is 0.456. The number of hydrogen-bond donors (Lipinski definition) is 2. The van der Waals surface area contributed by atoms with E-state index in [0.717, 1.165) is 19.5 Å². The third kappa shape index (κ3) is 1.61. The number of carbonyl (C=O) groups excluding carboxylic acids is 1. The lowest BCUT2D eigenvalue weighted by Gasteiger charge is -2.08. The van der Waals surface area contributed by atoms with Gasteiger partial charge in [0.25, 0.3) is 0 Å². The highest BCUT2D eigenvalue weighted by Gasteiger charge is 2.24. The molecule has 0 saturated carbocycles. The molecule has 4 nitrogen and oxygen atoms in total. The molecular weight excluding hydrogens is 178 g/mol. The molecule has 1 unspecified atom stereocenters. The SMILES string of the molecule is Nc1ncccc1C(=O)C1CCNC1. The van der Waals surface area contributed by atoms with Gasteiger partial charge < -0.3 is 11.1 Å². The Morgan fingerprint density at radius 1 is 1.64 bits per heavy atom. The van der Waals surface area contributed by atoms with E-state index in [0.29, 0.717) is 11.4 Å². The van der Waals surface area contributed by atoms with Crippen LogP contribution in [0.25, 0.3) is 0 Å². The Labute approximate surface area is 82.5 Å². The van der Waals surface area contributed by atoms with E-state index in [1.807, 2.05) is 0 Å². The van der Waals surface area contributed by atoms with Gasteiger partial charge in [0, 0.05) is 18.7 Å². The first-order valence-electron chi connectivity index (χ1n) is 4.74. The Balaban J connectivity index is 2.22. The second-order valence-electron chi connectivity index (χ2n) is 3.49. The Bertz CT molecular complexity index is 345. The minimum Gasteiger partial charge on any atom is -0.383 e. The molecule has 74 valence electrons. The highest BCUT2D eigenvalue weighted by atomic mass is 16.1. The Morgan fingerprint density at radius 2 is 2.50 bits per heavy atom. The van der Waals surface area contributed by atoms with Crippen LogP contribution in [0.15, 0.2) is 18.3 Å². The molecule has 0 amide bonds. The second-order valence-corrected chi connectivity index (χ2v) is 3.49. The zero-order valence-electron chi connectivity index (χ0n) is 7.86. The highest BCUT2D eigenvalue weighted by Crippen LogP contribution is 2.18. The van der Waals surface area contributed by atoms with E-state index >= 15 is 0 Å². The number of ketones is 1. The van der Waals surface area contributed by atoms with Gasteiger partial charge in [-0.2, -0.15) is 0 Å². The van der Waals surface area contributed by atoms with Gasteiger partial charge in [-0.3, -0.25) is 4.79 Å². The number of Topliss-reactive ketones (excluding diaryl/α,β-unsaturated/α-hetero) is 1. The largest absolute Gasteiger partial charge is 0.383 e. The summed E-state index contributed by atoms with van der Waals surface area (Å²) in [6.07, 6.45) is 2.49. The number of rotatable bonds is 2. The van der Waals surface area contributed by atoms with Crippen LogP contribution in [0, 0.1) is 5.92 Å². The average Bonchev–Trinajstić information content (AvgIpc) is 2.70. The summed E-state index contributed by atoms with van der Waals surface area (Å²) in [5.74, 6) is 0.520. The molecule has 0 spiro atoms. The summed E-state index contributed by atoms with van der Waals surface area (Å²) in [4.78, 5) is 15.8. The van der Waals surface area contributed by atoms with E-state index in [9.17, 15) is 4.79 Å². The van der Waals surface area contributed by atoms with Crippen molar-refractivity contribution >= 4 is 11.6 Å². The van der Waals surface area contributed by atoms with Crippen molar-refractivity contribution in [2.24, 2.45) is 5.92 Å². The van der Waals surface area contributed by atoms with Gasteiger partial charge in [0.15, 0.2) is 5.78 Å². The monoisotopic (exact) mass is 191 g/mol. The molecule has 4 heteroatoms. The number of pyridine rings is 1. The number of anilines is 1. The van der Waals surface area contributed by atoms with E-state index in [4.69, 9.17) is 5.73 Å². The molecule has 1 fully saturated rings. The molecule has 14 heavy (non-hydrogen) atoms. The number of nitrogen functional groups attached to an aromatic ring is 1. The summed E-state index contributed by atoms with van der Waals surface area (Å²) in [5.41, 5.74) is 6.19. The molecule has 2 heterocycles. The highest BCUT2D eigenvalue weighted by molar-refractivity contribution is 6.01. The van der Waals surface area contributed by atoms with E-state index in [2.05, 4.69) is 10.3 Å². The molecule has 0 radical (unpaired) electrons. The average molecular weight is 191 g/mol. The molecule has 1 aromatic heterocycles. The quantitative estimate of drug-likeness (QED) is 0.666. The van der Waals surface area contributed by atoms with Crippen LogP contribution < -0.4 is 11.1 Å². The number of hydrogen-bond acceptors (Lipinski definition) is 4. The van der Waals surface area contributed by atoms with Crippen molar-refractivity contribution in [3.63, 3.8) is 0 Å². The number of carbonyl (C=O) groups is 1. The van der Waals surface area contributed by atoms with Crippen molar-refractivity contribution in [3.05, 3.63) is 23.9 Å². The van der Waals surface area contributed by atoms with Crippen LogP contribution in [0.5, 0.6) is 0 Å². The fourth-order valence-electron chi connectivity index (χ4n) is 1.72. The molecule has 1 aliphatic heterocycles. The normalized spacial score (nSPS) is 21.0. The van der Waals surface area contributed by atoms with Crippen molar-refractivity contribution in [3.8, 4) is 0 Å². The second kappa shape index (κ2) is 3.75. The fourth-order valence-corrected chi connectivity index (χ4v) is 1.72. The minimum absolute atomic E-state index is 0.0708. The summed E-state index contributed by atoms with van der Waals surface area (Å²) in [6.45, 7) is 1.67. The third-order valence-electron chi connectivity index (χ3n) is 2.54. The van der Waals surface area contributed by atoms with Crippen LogP contribution in [-0.4, -0.2) is 23.9 Å². The molecular formula is C10H13N3O. The zero-order valence-corrected chi connectivity index (χ0v) is 7.86. The smallest absolute Gasteiger partial charge is 0.170 e. The Morgan fingerprint density at radius 3 is 3.14 bits per heavy atom. The van der Waals surface area contributed by atoms with Crippen molar-refractivity contribution in [1.82, 2.24) is 10.3 Å². The molecule has 1 aliphatic rings. The fraction of sp³-hybridized carbons (Fsp3) is 0.400. The van der Waals surface area contributed by atoms with Crippen LogP contribution in [-0.2, 0) is 0 Å². The Hall–Kier alpha value is -1.42. The standard InChI is InChI=1S/C10H13N3O/c11-10-8(2-1-4-13-10)9(14)7-3-5-12-6-7/h1-2,4,7,12H,3,5-6H2,(H2,11,13). The molecule has 3 N–H and O–H groups in total. The first-order valence-corrected chi connectivity index (χ1v) is 4.74. The van der Waals surface area contributed by atoms with E-state index in [1.165, 1.54) is 0 Å². The van der Waals surface area contributed by atoms with Crippen molar-refractivity contribution in [2.45, 2.75) is 6.42 Å². The number of nitrogens with one attached hydrogen (secondary N) is 1. The lowest BCUT2D eigenvalue weighted by molar-refractivity contribution is 0.0931. The molecule has 1 atom stereocenters. The van der Waals surface area contributed by atoms with Gasteiger partial charge in [-0.25, -0.2) is 4.98 Å². The molecule has 0 bridgehead atoms. The zero-order chi connectivity index (χ0) is 9.97. The summed E-state index contributed by atoms with van der Waals surface area (Å²) < 4.78 is 0. The predicted molar refractivity (Wildman–Crippen MR) is 54.0 cm³/mol. The molecule has 1 aromatic rings. The first-order chi connectivity index (χ1) is 6.79. The van der Waals surface area contributed by atoms with Crippen LogP contribution in [0.1, 0.15) is 16.8 Å². The molecule has 1 saturated heterocycles. The minimum atomic E-state index is 0.0708. The topological polar surface area (TPSA) is 68.0 Å². The van der Waals surface area contributed by atoms with Gasteiger partial charge in [-0.15, -0.1) is 0 Å². The van der Waals surface area contributed by atoms with Crippen LogP contribution in [0.3, 0.4) is 0 Å². The summed E-state index contributed by atoms with van der Waals surface area (Å²) in [6, 6.07) is 3.48. The van der Waals surface area contributed by atoms with Gasteiger partial charge in [0.05, 0.1) is 5.56 Å². The summed E-state index contributed by atoms with van der Waals surface area (Å²) in [7, 11) is 0. The maximum Gasteiger partial charge on any atom is 0.170 e. The van der Waals surface area contributed by atoms with Gasteiger partial charge in [-0.1, -0.05) is 0 Å². The molecule has 0 aromatic carbocycles. The third-order valence-corrected chi connectivity index (χ3v) is 2.54. The van der Waals surface area contributed by atoms with Crippen molar-refractivity contribution in [2.75, 3.05) is 18.8 Å². The van der Waals surface area contributed by atoms with Gasteiger partial charge >= 0.3 is 0 Å². The van der Waals surface area contributed by atoms with E-state index in [-0.39, 0.29) is 11.7 Å². The number of nitrogens with two attached hydrogens (primary N) is 1. The van der Waals surface area contributed by atoms with Crippen LogP contribution in [0.4, 0.5) is 5.82 Å². The van der Waals surface area contributed by atoms with Crippen molar-refractivity contribution in [1.29, 1.82) is 0 Å². The number of nitrogens with zero attached hydrogens (tertiary/aromatic N) is 1. The van der Waals surface area contributed by atoms with Crippen LogP contribution in [0.2, 0.25) is 0 Å². The summed E-state index contributed by atoms with van der Waals surface area (Å²) in [5, 5.41) is 3.16. The van der Waals surface area contributed by atoms with Gasteiger partial charge in [-0.05, 0) is 25.1 Å². The van der Waals surface area contributed by atoms with Gasteiger partial charge in [0.1, 0.15) is 5.82 Å².